The van der Waals surface area contributed by atoms with Gasteiger partial charge in [0, 0.05) is 19.2 Å². The van der Waals surface area contributed by atoms with Gasteiger partial charge in [0.2, 0.25) is 5.91 Å². The van der Waals surface area contributed by atoms with Crippen molar-refractivity contribution in [3.8, 4) is 0 Å². The van der Waals surface area contributed by atoms with Crippen LogP contribution in [0.5, 0.6) is 0 Å². The summed E-state index contributed by atoms with van der Waals surface area (Å²) in [5.74, 6) is -0.0638. The number of ether oxygens (including phenoxy) is 1. The van der Waals surface area contributed by atoms with Crippen LogP contribution < -0.4 is 0 Å². The van der Waals surface area contributed by atoms with E-state index in [4.69, 9.17) is 4.74 Å². The molecule has 0 aromatic carbocycles. The predicted octanol–water partition coefficient (Wildman–Crippen LogP) is 1.41. The molecule has 0 rings (SSSR count). The first kappa shape index (κ1) is 11.2. The molecule has 0 fully saturated rings. The van der Waals surface area contributed by atoms with Crippen LogP contribution in [0.2, 0.25) is 0 Å². The van der Waals surface area contributed by atoms with Crippen LogP contribution >= 0.6 is 0 Å². The highest BCUT2D eigenvalue weighted by atomic mass is 16.5. The molecule has 0 heterocycles. The van der Waals surface area contributed by atoms with Gasteiger partial charge in [-0.3, -0.25) is 4.79 Å². The van der Waals surface area contributed by atoms with E-state index in [1.54, 1.807) is 14.0 Å². The lowest BCUT2D eigenvalue weighted by molar-refractivity contribution is -0.130. The van der Waals surface area contributed by atoms with Crippen LogP contribution in [0, 0.1) is 0 Å². The van der Waals surface area contributed by atoms with E-state index in [1.165, 1.54) is 4.90 Å². The molecule has 0 spiro atoms. The minimum atomic E-state index is -0.0638. The van der Waals surface area contributed by atoms with Crippen molar-refractivity contribution in [2.24, 2.45) is 0 Å². The third-order valence-electron chi connectivity index (χ3n) is 1.35. The zero-order valence-corrected chi connectivity index (χ0v) is 8.09. The highest BCUT2D eigenvalue weighted by molar-refractivity contribution is 5.91. The van der Waals surface area contributed by atoms with Gasteiger partial charge >= 0.3 is 0 Å². The first-order valence-corrected chi connectivity index (χ1v) is 4.08. The summed E-state index contributed by atoms with van der Waals surface area (Å²) in [6.45, 7) is 8.31. The zero-order chi connectivity index (χ0) is 9.56. The summed E-state index contributed by atoms with van der Waals surface area (Å²) >= 11 is 0. The van der Waals surface area contributed by atoms with E-state index in [-0.39, 0.29) is 5.91 Å². The first-order chi connectivity index (χ1) is 5.59. The molecule has 0 aliphatic heterocycles. The van der Waals surface area contributed by atoms with E-state index in [9.17, 15) is 4.79 Å². The SMILES string of the molecule is C=C(C)C(=O)N(C)COCCC. The summed E-state index contributed by atoms with van der Waals surface area (Å²) in [7, 11) is 1.70. The predicted molar refractivity (Wildman–Crippen MR) is 48.7 cm³/mol. The van der Waals surface area contributed by atoms with Crippen molar-refractivity contribution in [3.63, 3.8) is 0 Å². The van der Waals surface area contributed by atoms with Crippen molar-refractivity contribution in [1.29, 1.82) is 0 Å². The van der Waals surface area contributed by atoms with Crippen molar-refractivity contribution < 1.29 is 9.53 Å². The summed E-state index contributed by atoms with van der Waals surface area (Å²) in [5, 5.41) is 0. The van der Waals surface area contributed by atoms with Crippen molar-refractivity contribution >= 4 is 5.91 Å². The number of rotatable bonds is 5. The average molecular weight is 171 g/mol. The summed E-state index contributed by atoms with van der Waals surface area (Å²) < 4.78 is 5.18. The molecule has 0 saturated heterocycles. The molecule has 3 nitrogen and oxygen atoms in total. The fourth-order valence-corrected chi connectivity index (χ4v) is 0.730. The number of amides is 1. The Bertz CT molecular complexity index is 166. The summed E-state index contributed by atoms with van der Waals surface area (Å²) in [4.78, 5) is 12.7. The topological polar surface area (TPSA) is 29.5 Å². The lowest BCUT2D eigenvalue weighted by Crippen LogP contribution is -2.29. The van der Waals surface area contributed by atoms with Crippen molar-refractivity contribution in [2.45, 2.75) is 20.3 Å². The second kappa shape index (κ2) is 5.77. The van der Waals surface area contributed by atoms with E-state index >= 15 is 0 Å². The highest BCUT2D eigenvalue weighted by Crippen LogP contribution is 1.95. The van der Waals surface area contributed by atoms with E-state index in [2.05, 4.69) is 6.58 Å². The van der Waals surface area contributed by atoms with E-state index < -0.39 is 0 Å². The van der Waals surface area contributed by atoms with E-state index in [0.717, 1.165) is 6.42 Å². The Balaban J connectivity index is 3.64. The van der Waals surface area contributed by atoms with E-state index in [0.29, 0.717) is 18.9 Å². The molecule has 0 radical (unpaired) electrons. The van der Waals surface area contributed by atoms with Crippen molar-refractivity contribution in [3.05, 3.63) is 12.2 Å². The Hall–Kier alpha value is -0.830. The van der Waals surface area contributed by atoms with Crippen LogP contribution in [-0.2, 0) is 9.53 Å². The van der Waals surface area contributed by atoms with Gasteiger partial charge in [0.05, 0.1) is 0 Å². The maximum Gasteiger partial charge on any atom is 0.250 e. The molecule has 0 aliphatic rings. The minimum absolute atomic E-state index is 0.0638. The monoisotopic (exact) mass is 171 g/mol. The molecule has 0 N–H and O–H groups in total. The molecule has 0 saturated carbocycles. The normalized spacial score (nSPS) is 9.58. The standard InChI is InChI=1S/C9H17NO2/c1-5-6-12-7-10(4)9(11)8(2)3/h2,5-7H2,1,3-4H3. The molecular weight excluding hydrogens is 154 g/mol. The molecule has 0 aromatic rings. The summed E-state index contributed by atoms with van der Waals surface area (Å²) in [6.07, 6.45) is 0.967. The lowest BCUT2D eigenvalue weighted by Gasteiger charge is -2.16. The van der Waals surface area contributed by atoms with Gasteiger partial charge < -0.3 is 9.64 Å². The molecule has 1 amide bonds. The van der Waals surface area contributed by atoms with Gasteiger partial charge in [-0.05, 0) is 13.3 Å². The van der Waals surface area contributed by atoms with Crippen molar-refractivity contribution in [1.82, 2.24) is 4.90 Å². The maximum absolute atomic E-state index is 11.2. The maximum atomic E-state index is 11.2. The van der Waals surface area contributed by atoms with Crippen LogP contribution in [0.3, 0.4) is 0 Å². The zero-order valence-electron chi connectivity index (χ0n) is 8.09. The van der Waals surface area contributed by atoms with Gasteiger partial charge in [0.15, 0.2) is 0 Å². The molecule has 0 aliphatic carbocycles. The Kier molecular flexibility index (Phi) is 5.37. The van der Waals surface area contributed by atoms with Gasteiger partial charge in [-0.15, -0.1) is 0 Å². The lowest BCUT2D eigenvalue weighted by atomic mass is 10.3. The Morgan fingerprint density at radius 1 is 1.58 bits per heavy atom. The minimum Gasteiger partial charge on any atom is -0.361 e. The van der Waals surface area contributed by atoms with Crippen LogP contribution in [0.1, 0.15) is 20.3 Å². The van der Waals surface area contributed by atoms with Gasteiger partial charge in [0.25, 0.3) is 0 Å². The van der Waals surface area contributed by atoms with Gasteiger partial charge in [-0.2, -0.15) is 0 Å². The van der Waals surface area contributed by atoms with Gasteiger partial charge in [-0.1, -0.05) is 13.5 Å². The Morgan fingerprint density at radius 3 is 2.58 bits per heavy atom. The summed E-state index contributed by atoms with van der Waals surface area (Å²) in [6, 6.07) is 0. The first-order valence-electron chi connectivity index (χ1n) is 4.08. The third-order valence-corrected chi connectivity index (χ3v) is 1.35. The molecule has 0 aromatic heterocycles. The number of nitrogens with zero attached hydrogens (tertiary/aromatic N) is 1. The van der Waals surface area contributed by atoms with Crippen molar-refractivity contribution in [2.75, 3.05) is 20.4 Å². The largest absolute Gasteiger partial charge is 0.361 e. The van der Waals surface area contributed by atoms with Crippen LogP contribution in [-0.4, -0.2) is 31.2 Å². The number of hydrogen-bond acceptors (Lipinski definition) is 2. The van der Waals surface area contributed by atoms with Crippen LogP contribution in [0.25, 0.3) is 0 Å². The molecule has 3 heteroatoms. The highest BCUT2D eigenvalue weighted by Gasteiger charge is 2.07. The average Bonchev–Trinajstić information content (AvgIpc) is 2.03. The summed E-state index contributed by atoms with van der Waals surface area (Å²) in [5.41, 5.74) is 0.539. The molecule has 12 heavy (non-hydrogen) atoms. The molecular formula is C9H17NO2. The molecule has 0 bridgehead atoms. The molecule has 0 unspecified atom stereocenters. The van der Waals surface area contributed by atoms with E-state index in [1.807, 2.05) is 6.92 Å². The quantitative estimate of drug-likeness (QED) is 0.355. The van der Waals surface area contributed by atoms with Crippen LogP contribution in [0.15, 0.2) is 12.2 Å². The Labute approximate surface area is 74.0 Å². The number of carbonyl (C=O) groups excluding carboxylic acids is 1. The number of carbonyl (C=O) groups is 1. The molecule has 0 atom stereocenters. The second-order valence-corrected chi connectivity index (χ2v) is 2.82. The van der Waals surface area contributed by atoms with Gasteiger partial charge in [-0.25, -0.2) is 0 Å². The van der Waals surface area contributed by atoms with Gasteiger partial charge in [0.1, 0.15) is 6.73 Å². The Morgan fingerprint density at radius 2 is 2.17 bits per heavy atom. The number of likely N-dealkylation sites (N-methyl/N-ethyl adjacent to an activating group) is 1. The third kappa shape index (κ3) is 4.13. The molecule has 70 valence electrons. The number of hydrogen-bond donors (Lipinski definition) is 0. The fraction of sp³-hybridized carbons (Fsp3) is 0.667. The van der Waals surface area contributed by atoms with Crippen LogP contribution in [0.4, 0.5) is 0 Å². The second-order valence-electron chi connectivity index (χ2n) is 2.82. The smallest absolute Gasteiger partial charge is 0.250 e. The fourth-order valence-electron chi connectivity index (χ4n) is 0.730.